The van der Waals surface area contributed by atoms with Gasteiger partial charge in [-0.3, -0.25) is 14.3 Å². The summed E-state index contributed by atoms with van der Waals surface area (Å²) in [6.07, 6.45) is 0. The van der Waals surface area contributed by atoms with Crippen LogP contribution < -0.4 is 21.5 Å². The number of piperazine rings is 1. The van der Waals surface area contributed by atoms with Gasteiger partial charge in [0.1, 0.15) is 5.82 Å². The molecule has 2 heterocycles. The van der Waals surface area contributed by atoms with Gasteiger partial charge < -0.3 is 10.2 Å². The van der Waals surface area contributed by atoms with E-state index in [1.54, 1.807) is 4.57 Å². The fourth-order valence-corrected chi connectivity index (χ4v) is 1.97. The zero-order valence-corrected chi connectivity index (χ0v) is 9.32. The number of aromatic nitrogens is 2. The molecule has 1 aliphatic heterocycles. The summed E-state index contributed by atoms with van der Waals surface area (Å²) in [5, 5.41) is 3.24. The van der Waals surface area contributed by atoms with E-state index in [2.05, 4.69) is 15.2 Å². The van der Waals surface area contributed by atoms with Crippen LogP contribution in [-0.4, -0.2) is 35.7 Å². The second-order valence-corrected chi connectivity index (χ2v) is 3.78. The van der Waals surface area contributed by atoms with Crippen molar-refractivity contribution in [2.45, 2.75) is 13.5 Å². The third kappa shape index (κ3) is 2.01. The highest BCUT2D eigenvalue weighted by Crippen LogP contribution is 2.09. The van der Waals surface area contributed by atoms with Crippen LogP contribution in [0.25, 0.3) is 0 Å². The van der Waals surface area contributed by atoms with E-state index >= 15 is 0 Å². The van der Waals surface area contributed by atoms with Crippen molar-refractivity contribution in [3.05, 3.63) is 26.9 Å². The Labute approximate surface area is 92.9 Å². The lowest BCUT2D eigenvalue weighted by molar-refractivity contribution is 0.563. The Morgan fingerprint density at radius 2 is 2.00 bits per heavy atom. The lowest BCUT2D eigenvalue weighted by Crippen LogP contribution is -2.46. The van der Waals surface area contributed by atoms with Crippen molar-refractivity contribution >= 4 is 5.82 Å². The molecule has 1 fully saturated rings. The van der Waals surface area contributed by atoms with Gasteiger partial charge in [-0.2, -0.15) is 0 Å². The molecule has 2 rings (SSSR count). The van der Waals surface area contributed by atoms with Crippen LogP contribution in [0.1, 0.15) is 6.92 Å². The Morgan fingerprint density at radius 3 is 2.62 bits per heavy atom. The number of hydrogen-bond donors (Lipinski definition) is 2. The summed E-state index contributed by atoms with van der Waals surface area (Å²) in [4.78, 5) is 27.3. The maximum absolute atomic E-state index is 11.6. The van der Waals surface area contributed by atoms with Crippen LogP contribution in [0.3, 0.4) is 0 Å². The number of anilines is 1. The summed E-state index contributed by atoms with van der Waals surface area (Å²) in [5.41, 5.74) is -0.660. The fraction of sp³-hybridized carbons (Fsp3) is 0.600. The molecular weight excluding hydrogens is 208 g/mol. The highest BCUT2D eigenvalue weighted by atomic mass is 16.2. The van der Waals surface area contributed by atoms with Crippen molar-refractivity contribution in [2.75, 3.05) is 31.1 Å². The topological polar surface area (TPSA) is 70.1 Å². The molecule has 0 aromatic carbocycles. The standard InChI is InChI=1S/C10H16N4O2/c1-2-14-9(7-8(15)12-10(14)16)13-5-3-11-4-6-13/h7,11H,2-6H2,1H3,(H,12,15,16). The van der Waals surface area contributed by atoms with Crippen molar-refractivity contribution in [3.63, 3.8) is 0 Å². The number of hydrogen-bond acceptors (Lipinski definition) is 4. The Balaban J connectivity index is 2.45. The third-order valence-electron chi connectivity index (χ3n) is 2.77. The van der Waals surface area contributed by atoms with E-state index in [0.29, 0.717) is 6.54 Å². The first-order valence-corrected chi connectivity index (χ1v) is 5.52. The molecule has 0 aliphatic carbocycles. The molecular formula is C10H16N4O2. The molecule has 0 unspecified atom stereocenters. The van der Waals surface area contributed by atoms with Gasteiger partial charge in [0, 0.05) is 38.8 Å². The molecule has 0 radical (unpaired) electrons. The highest BCUT2D eigenvalue weighted by molar-refractivity contribution is 5.38. The predicted octanol–water partition coefficient (Wildman–Crippen LogP) is -1.03. The molecule has 16 heavy (non-hydrogen) atoms. The van der Waals surface area contributed by atoms with Gasteiger partial charge in [0.2, 0.25) is 0 Å². The van der Waals surface area contributed by atoms with E-state index in [9.17, 15) is 9.59 Å². The molecule has 0 bridgehead atoms. The number of H-pyrrole nitrogens is 1. The van der Waals surface area contributed by atoms with Crippen LogP contribution in [0.4, 0.5) is 5.82 Å². The van der Waals surface area contributed by atoms with E-state index in [0.717, 1.165) is 32.0 Å². The van der Waals surface area contributed by atoms with Gasteiger partial charge in [0.25, 0.3) is 5.56 Å². The van der Waals surface area contributed by atoms with Gasteiger partial charge in [0.05, 0.1) is 0 Å². The maximum atomic E-state index is 11.6. The summed E-state index contributed by atoms with van der Waals surface area (Å²) in [5.74, 6) is 0.720. The second-order valence-electron chi connectivity index (χ2n) is 3.78. The first-order chi connectivity index (χ1) is 7.72. The monoisotopic (exact) mass is 224 g/mol. The van der Waals surface area contributed by atoms with Gasteiger partial charge in [0.15, 0.2) is 0 Å². The summed E-state index contributed by atoms with van der Waals surface area (Å²) in [7, 11) is 0. The SMILES string of the molecule is CCn1c(N2CCNCC2)cc(=O)[nH]c1=O. The van der Waals surface area contributed by atoms with Gasteiger partial charge in [-0.15, -0.1) is 0 Å². The van der Waals surface area contributed by atoms with Gasteiger partial charge in [-0.25, -0.2) is 4.79 Å². The predicted molar refractivity (Wildman–Crippen MR) is 62.1 cm³/mol. The summed E-state index contributed by atoms with van der Waals surface area (Å²) in [6.45, 7) is 5.86. The minimum atomic E-state index is -0.330. The Hall–Kier alpha value is -1.56. The molecule has 0 saturated carbocycles. The molecule has 0 atom stereocenters. The van der Waals surface area contributed by atoms with Crippen molar-refractivity contribution in [1.29, 1.82) is 0 Å². The van der Waals surface area contributed by atoms with Crippen LogP contribution in [0, 0.1) is 0 Å². The molecule has 1 aromatic rings. The third-order valence-corrected chi connectivity index (χ3v) is 2.77. The molecule has 1 aliphatic rings. The average Bonchev–Trinajstić information content (AvgIpc) is 2.29. The summed E-state index contributed by atoms with van der Waals surface area (Å²) >= 11 is 0. The van der Waals surface area contributed by atoms with E-state index in [1.807, 2.05) is 6.92 Å². The molecule has 0 amide bonds. The van der Waals surface area contributed by atoms with Crippen LogP contribution in [0.15, 0.2) is 15.7 Å². The Kier molecular flexibility index (Phi) is 3.09. The zero-order valence-electron chi connectivity index (χ0n) is 9.32. The minimum Gasteiger partial charge on any atom is -0.355 e. The van der Waals surface area contributed by atoms with Crippen molar-refractivity contribution in [2.24, 2.45) is 0 Å². The molecule has 6 nitrogen and oxygen atoms in total. The van der Waals surface area contributed by atoms with E-state index in [-0.39, 0.29) is 11.2 Å². The van der Waals surface area contributed by atoms with Gasteiger partial charge in [-0.05, 0) is 6.92 Å². The van der Waals surface area contributed by atoms with Crippen LogP contribution in [0.5, 0.6) is 0 Å². The Bertz CT molecular complexity index is 470. The zero-order chi connectivity index (χ0) is 11.5. The number of aromatic amines is 1. The van der Waals surface area contributed by atoms with E-state index < -0.39 is 0 Å². The van der Waals surface area contributed by atoms with Crippen LogP contribution in [-0.2, 0) is 6.54 Å². The molecule has 6 heteroatoms. The molecule has 88 valence electrons. The summed E-state index contributed by atoms with van der Waals surface area (Å²) in [6, 6.07) is 1.50. The average molecular weight is 224 g/mol. The van der Waals surface area contributed by atoms with Gasteiger partial charge in [-0.1, -0.05) is 0 Å². The molecule has 2 N–H and O–H groups in total. The lowest BCUT2D eigenvalue weighted by Gasteiger charge is -2.30. The first-order valence-electron chi connectivity index (χ1n) is 5.52. The van der Waals surface area contributed by atoms with Crippen LogP contribution >= 0.6 is 0 Å². The number of nitrogens with one attached hydrogen (secondary N) is 2. The second kappa shape index (κ2) is 4.52. The number of nitrogens with zero attached hydrogens (tertiary/aromatic N) is 2. The highest BCUT2D eigenvalue weighted by Gasteiger charge is 2.14. The van der Waals surface area contributed by atoms with Crippen molar-refractivity contribution in [1.82, 2.24) is 14.9 Å². The summed E-state index contributed by atoms with van der Waals surface area (Å²) < 4.78 is 1.59. The minimum absolute atomic E-state index is 0.330. The van der Waals surface area contributed by atoms with E-state index in [4.69, 9.17) is 0 Å². The van der Waals surface area contributed by atoms with Crippen molar-refractivity contribution < 1.29 is 0 Å². The fourth-order valence-electron chi connectivity index (χ4n) is 1.97. The smallest absolute Gasteiger partial charge is 0.329 e. The quantitative estimate of drug-likeness (QED) is 0.673. The Morgan fingerprint density at radius 1 is 1.31 bits per heavy atom. The number of rotatable bonds is 2. The van der Waals surface area contributed by atoms with E-state index in [1.165, 1.54) is 6.07 Å². The van der Waals surface area contributed by atoms with Crippen LogP contribution in [0.2, 0.25) is 0 Å². The van der Waals surface area contributed by atoms with Gasteiger partial charge >= 0.3 is 5.69 Å². The first kappa shape index (κ1) is 10.9. The normalized spacial score (nSPS) is 16.4. The molecule has 1 aromatic heterocycles. The lowest BCUT2D eigenvalue weighted by atomic mass is 10.3. The maximum Gasteiger partial charge on any atom is 0.329 e. The van der Waals surface area contributed by atoms with Crippen molar-refractivity contribution in [3.8, 4) is 0 Å². The molecule has 1 saturated heterocycles. The molecule has 0 spiro atoms. The largest absolute Gasteiger partial charge is 0.355 e.